The Morgan fingerprint density at radius 3 is 2.55 bits per heavy atom. The molecule has 1 aliphatic heterocycles. The smallest absolute Gasteiger partial charge is 0.314 e. The van der Waals surface area contributed by atoms with Crippen LogP contribution in [0.5, 0.6) is 11.5 Å². The van der Waals surface area contributed by atoms with Crippen molar-refractivity contribution in [2.45, 2.75) is 43.6 Å². The molecule has 0 aromatic heterocycles. The Balaban J connectivity index is 1.82. The van der Waals surface area contributed by atoms with E-state index in [2.05, 4.69) is 0 Å². The van der Waals surface area contributed by atoms with Crippen LogP contribution in [0.25, 0.3) is 0 Å². The number of hydrogen-bond acceptors (Lipinski definition) is 4. The van der Waals surface area contributed by atoms with Gasteiger partial charge < -0.3 is 14.6 Å². The highest BCUT2D eigenvalue weighted by Gasteiger charge is 2.46. The first-order chi connectivity index (χ1) is 10.7. The summed E-state index contributed by atoms with van der Waals surface area (Å²) in [5.74, 6) is 2.89. The molecule has 5 heteroatoms. The van der Waals surface area contributed by atoms with Crippen molar-refractivity contribution in [3.05, 3.63) is 23.8 Å². The molecule has 0 amide bonds. The van der Waals surface area contributed by atoms with E-state index >= 15 is 0 Å². The summed E-state index contributed by atoms with van der Waals surface area (Å²) in [5, 5.41) is 9.56. The van der Waals surface area contributed by atoms with Crippen molar-refractivity contribution < 1.29 is 19.4 Å². The highest BCUT2D eigenvalue weighted by atomic mass is 32.2. The molecule has 0 bridgehead atoms. The average Bonchev–Trinajstić information content (AvgIpc) is 2.48. The van der Waals surface area contributed by atoms with Crippen LogP contribution in [0, 0.1) is 0 Å². The number of methoxy groups -OCH3 is 1. The fourth-order valence-electron chi connectivity index (χ4n) is 3.19. The molecule has 1 saturated heterocycles. The lowest BCUT2D eigenvalue weighted by Crippen LogP contribution is -2.42. The van der Waals surface area contributed by atoms with Gasteiger partial charge in [-0.2, -0.15) is 11.8 Å². The van der Waals surface area contributed by atoms with E-state index in [1.165, 1.54) is 0 Å². The van der Waals surface area contributed by atoms with E-state index in [9.17, 15) is 9.90 Å². The van der Waals surface area contributed by atoms with E-state index in [0.717, 1.165) is 42.1 Å². The molecule has 0 radical (unpaired) electrons. The molecule has 4 nitrogen and oxygen atoms in total. The summed E-state index contributed by atoms with van der Waals surface area (Å²) in [6.45, 7) is 0. The largest absolute Gasteiger partial charge is 0.493 e. The molecule has 3 rings (SSSR count). The Morgan fingerprint density at radius 1 is 1.27 bits per heavy atom. The topological polar surface area (TPSA) is 55.8 Å². The van der Waals surface area contributed by atoms with Crippen molar-refractivity contribution in [2.75, 3.05) is 18.6 Å². The summed E-state index contributed by atoms with van der Waals surface area (Å²) in [4.78, 5) is 11.6. The molecule has 0 unspecified atom stereocenters. The predicted molar refractivity (Wildman–Crippen MR) is 87.1 cm³/mol. The van der Waals surface area contributed by atoms with Gasteiger partial charge in [-0.15, -0.1) is 0 Å². The van der Waals surface area contributed by atoms with E-state index in [4.69, 9.17) is 9.47 Å². The maximum absolute atomic E-state index is 11.6. The second kappa shape index (κ2) is 6.41. The zero-order valence-corrected chi connectivity index (χ0v) is 13.7. The predicted octanol–water partition coefficient (Wildman–Crippen LogP) is 3.48. The van der Waals surface area contributed by atoms with Crippen LogP contribution in [0.1, 0.15) is 37.7 Å². The van der Waals surface area contributed by atoms with Gasteiger partial charge in [-0.25, -0.2) is 0 Å². The summed E-state index contributed by atoms with van der Waals surface area (Å²) in [6, 6.07) is 5.61. The number of thioether (sulfide) groups is 1. The third-order valence-electron chi connectivity index (χ3n) is 4.79. The standard InChI is InChI=1S/C17H22O4S/c1-20-15-11-12(17(16(18)19)7-2-8-17)3-4-14(15)21-13-5-9-22-10-6-13/h3-4,11,13H,2,5-10H2,1H3,(H,18,19). The second-order valence-corrected chi connectivity index (χ2v) is 7.26. The molecule has 1 aromatic carbocycles. The number of ether oxygens (including phenoxy) is 2. The van der Waals surface area contributed by atoms with Gasteiger partial charge in [-0.1, -0.05) is 12.5 Å². The lowest BCUT2D eigenvalue weighted by Gasteiger charge is -2.38. The van der Waals surface area contributed by atoms with E-state index < -0.39 is 11.4 Å². The van der Waals surface area contributed by atoms with Gasteiger partial charge in [-0.3, -0.25) is 4.79 Å². The first-order valence-corrected chi connectivity index (χ1v) is 8.97. The van der Waals surface area contributed by atoms with Crippen LogP contribution in [0.2, 0.25) is 0 Å². The monoisotopic (exact) mass is 322 g/mol. The lowest BCUT2D eigenvalue weighted by molar-refractivity contribution is -0.147. The number of benzene rings is 1. The quantitative estimate of drug-likeness (QED) is 0.899. The number of aliphatic carboxylic acids is 1. The van der Waals surface area contributed by atoms with Crippen molar-refractivity contribution in [3.63, 3.8) is 0 Å². The third kappa shape index (κ3) is 2.78. The minimum Gasteiger partial charge on any atom is -0.493 e. The Morgan fingerprint density at radius 2 is 2.00 bits per heavy atom. The highest BCUT2D eigenvalue weighted by molar-refractivity contribution is 7.99. The maximum atomic E-state index is 11.6. The third-order valence-corrected chi connectivity index (χ3v) is 5.84. The zero-order chi connectivity index (χ0) is 15.6. The number of carbonyl (C=O) groups is 1. The van der Waals surface area contributed by atoms with Crippen molar-refractivity contribution in [3.8, 4) is 11.5 Å². The lowest BCUT2D eigenvalue weighted by atomic mass is 9.64. The van der Waals surface area contributed by atoms with Crippen molar-refractivity contribution in [1.29, 1.82) is 0 Å². The van der Waals surface area contributed by atoms with Gasteiger partial charge in [0, 0.05) is 0 Å². The van der Waals surface area contributed by atoms with Crippen LogP contribution < -0.4 is 9.47 Å². The van der Waals surface area contributed by atoms with Gasteiger partial charge in [0.25, 0.3) is 0 Å². The van der Waals surface area contributed by atoms with Crippen molar-refractivity contribution in [1.82, 2.24) is 0 Å². The van der Waals surface area contributed by atoms with E-state index in [1.807, 2.05) is 30.0 Å². The fourth-order valence-corrected chi connectivity index (χ4v) is 4.26. The summed E-state index contributed by atoms with van der Waals surface area (Å²) >= 11 is 1.96. The molecule has 1 heterocycles. The van der Waals surface area contributed by atoms with Crippen LogP contribution in [-0.2, 0) is 10.2 Å². The van der Waals surface area contributed by atoms with Gasteiger partial charge >= 0.3 is 5.97 Å². The summed E-state index contributed by atoms with van der Waals surface area (Å²) < 4.78 is 11.5. The van der Waals surface area contributed by atoms with Crippen molar-refractivity contribution in [2.24, 2.45) is 0 Å². The molecule has 22 heavy (non-hydrogen) atoms. The van der Waals surface area contributed by atoms with E-state index in [1.54, 1.807) is 7.11 Å². The van der Waals surface area contributed by atoms with E-state index in [0.29, 0.717) is 18.6 Å². The Labute approximate surface area is 135 Å². The summed E-state index contributed by atoms with van der Waals surface area (Å²) in [6.07, 6.45) is 4.70. The molecule has 1 aliphatic carbocycles. The highest BCUT2D eigenvalue weighted by Crippen LogP contribution is 2.46. The molecule has 2 aliphatic rings. The normalized spacial score (nSPS) is 21.0. The summed E-state index contributed by atoms with van der Waals surface area (Å²) in [5.41, 5.74) is 0.0995. The minimum absolute atomic E-state index is 0.234. The van der Waals surface area contributed by atoms with Crippen LogP contribution in [-0.4, -0.2) is 35.8 Å². The molecular formula is C17H22O4S. The molecule has 1 aromatic rings. The fraction of sp³-hybridized carbons (Fsp3) is 0.588. The molecule has 0 spiro atoms. The molecule has 120 valence electrons. The summed E-state index contributed by atoms with van der Waals surface area (Å²) in [7, 11) is 1.61. The Hall–Kier alpha value is -1.36. The molecule has 1 saturated carbocycles. The maximum Gasteiger partial charge on any atom is 0.314 e. The van der Waals surface area contributed by atoms with Crippen LogP contribution in [0.3, 0.4) is 0 Å². The number of rotatable bonds is 5. The molecule has 1 N–H and O–H groups in total. The molecular weight excluding hydrogens is 300 g/mol. The van der Waals surface area contributed by atoms with Gasteiger partial charge in [-0.05, 0) is 54.9 Å². The van der Waals surface area contributed by atoms with Gasteiger partial charge in [0.05, 0.1) is 12.5 Å². The second-order valence-electron chi connectivity index (χ2n) is 6.04. The Bertz CT molecular complexity index is 548. The van der Waals surface area contributed by atoms with Crippen LogP contribution >= 0.6 is 11.8 Å². The van der Waals surface area contributed by atoms with Gasteiger partial charge in [0.1, 0.15) is 6.10 Å². The SMILES string of the molecule is COc1cc(C2(C(=O)O)CCC2)ccc1OC1CCSCC1. The molecule has 0 atom stereocenters. The van der Waals surface area contributed by atoms with Crippen LogP contribution in [0.4, 0.5) is 0 Å². The van der Waals surface area contributed by atoms with Crippen molar-refractivity contribution >= 4 is 17.7 Å². The van der Waals surface area contributed by atoms with Gasteiger partial charge in [0.2, 0.25) is 0 Å². The molecule has 2 fully saturated rings. The first kappa shape index (κ1) is 15.5. The Kier molecular flexibility index (Phi) is 4.52. The minimum atomic E-state index is -0.737. The number of carboxylic acids is 1. The average molecular weight is 322 g/mol. The first-order valence-electron chi connectivity index (χ1n) is 7.82. The number of carboxylic acid groups (broad SMARTS) is 1. The zero-order valence-electron chi connectivity index (χ0n) is 12.8. The van der Waals surface area contributed by atoms with Crippen LogP contribution in [0.15, 0.2) is 18.2 Å². The van der Waals surface area contributed by atoms with Gasteiger partial charge in [0.15, 0.2) is 11.5 Å². The van der Waals surface area contributed by atoms with E-state index in [-0.39, 0.29) is 6.10 Å². The number of hydrogen-bond donors (Lipinski definition) is 1.